The molecule has 3 aromatic rings. The third-order valence-corrected chi connectivity index (χ3v) is 5.35. The van der Waals surface area contributed by atoms with E-state index < -0.39 is 0 Å². The maximum atomic E-state index is 13.1. The minimum atomic E-state index is -0.361. The van der Waals surface area contributed by atoms with Gasteiger partial charge in [-0.1, -0.05) is 55.3 Å². The topological polar surface area (TPSA) is 92.1 Å². The Morgan fingerprint density at radius 2 is 1.77 bits per heavy atom. The van der Waals surface area contributed by atoms with Crippen molar-refractivity contribution in [2.45, 2.75) is 38.6 Å². The van der Waals surface area contributed by atoms with E-state index in [0.717, 1.165) is 31.2 Å². The Morgan fingerprint density at radius 1 is 1.06 bits per heavy atom. The van der Waals surface area contributed by atoms with Gasteiger partial charge in [-0.05, 0) is 50.1 Å². The molecule has 1 atom stereocenters. The highest BCUT2D eigenvalue weighted by Gasteiger charge is 2.22. The van der Waals surface area contributed by atoms with E-state index in [1.807, 2.05) is 61.5 Å². The van der Waals surface area contributed by atoms with Gasteiger partial charge in [0.1, 0.15) is 5.82 Å². The summed E-state index contributed by atoms with van der Waals surface area (Å²) in [4.78, 5) is 34.9. The van der Waals surface area contributed by atoms with Crippen LogP contribution in [0.3, 0.4) is 0 Å². The fourth-order valence-corrected chi connectivity index (χ4v) is 3.55. The summed E-state index contributed by atoms with van der Waals surface area (Å²) in [5.41, 5.74) is 6.98. The number of carbonyl (C=O) groups excluding carboxylic acids is 1. The van der Waals surface area contributed by atoms with Crippen LogP contribution in [0.5, 0.6) is 0 Å². The highest BCUT2D eigenvalue weighted by atomic mass is 16.2. The number of amides is 1. The van der Waals surface area contributed by atoms with Crippen molar-refractivity contribution in [3.8, 4) is 0 Å². The summed E-state index contributed by atoms with van der Waals surface area (Å²) in [7, 11) is 0. The number of benzene rings is 2. The lowest BCUT2D eigenvalue weighted by molar-refractivity contribution is -0.128. The number of rotatable bonds is 10. The van der Waals surface area contributed by atoms with Crippen LogP contribution < -0.4 is 11.3 Å². The van der Waals surface area contributed by atoms with Gasteiger partial charge >= 0.3 is 0 Å². The van der Waals surface area contributed by atoms with Crippen molar-refractivity contribution in [3.63, 3.8) is 0 Å². The molecule has 0 saturated carbocycles. The lowest BCUT2D eigenvalue weighted by atomic mass is 10.1. The van der Waals surface area contributed by atoms with Gasteiger partial charge in [0.25, 0.3) is 5.56 Å². The molecular formula is C25H30N4O2. The highest BCUT2D eigenvalue weighted by Crippen LogP contribution is 2.20. The molecule has 1 aromatic heterocycles. The Balaban J connectivity index is 1.83. The first-order valence-electron chi connectivity index (χ1n) is 10.8. The number of H-pyrrole nitrogens is 1. The first kappa shape index (κ1) is 22.4. The molecule has 0 fully saturated rings. The summed E-state index contributed by atoms with van der Waals surface area (Å²) in [6, 6.07) is 16.6. The van der Waals surface area contributed by atoms with Crippen molar-refractivity contribution in [2.24, 2.45) is 5.73 Å². The van der Waals surface area contributed by atoms with Crippen LogP contribution in [0.2, 0.25) is 0 Å². The zero-order chi connectivity index (χ0) is 22.1. The lowest BCUT2D eigenvalue weighted by Crippen LogP contribution is -2.35. The molecular weight excluding hydrogens is 388 g/mol. The van der Waals surface area contributed by atoms with Crippen molar-refractivity contribution in [2.75, 3.05) is 13.1 Å². The molecule has 0 bridgehead atoms. The van der Waals surface area contributed by atoms with Crippen molar-refractivity contribution in [1.29, 1.82) is 0 Å². The highest BCUT2D eigenvalue weighted by molar-refractivity contribution is 5.92. The number of hydrogen-bond donors (Lipinski definition) is 2. The molecule has 162 valence electrons. The molecule has 0 aliphatic heterocycles. The predicted molar refractivity (Wildman–Crippen MR) is 125 cm³/mol. The summed E-state index contributed by atoms with van der Waals surface area (Å²) in [5, 5.41) is 0.544. The number of nitrogens with two attached hydrogens (primary N) is 1. The number of unbranched alkanes of at least 4 members (excludes halogenated alkanes) is 3. The number of para-hydroxylation sites is 1. The van der Waals surface area contributed by atoms with E-state index in [9.17, 15) is 9.59 Å². The molecule has 3 N–H and O–H groups in total. The van der Waals surface area contributed by atoms with Gasteiger partial charge in [0, 0.05) is 12.6 Å². The van der Waals surface area contributed by atoms with E-state index in [-0.39, 0.29) is 17.5 Å². The number of aromatic amines is 1. The van der Waals surface area contributed by atoms with Gasteiger partial charge in [-0.3, -0.25) is 9.59 Å². The normalized spacial score (nSPS) is 12.3. The monoisotopic (exact) mass is 418 g/mol. The maximum Gasteiger partial charge on any atom is 0.258 e. The number of carbonyl (C=O) groups is 1. The van der Waals surface area contributed by atoms with E-state index in [0.29, 0.717) is 29.8 Å². The van der Waals surface area contributed by atoms with Crippen molar-refractivity contribution in [1.82, 2.24) is 14.9 Å². The molecule has 31 heavy (non-hydrogen) atoms. The van der Waals surface area contributed by atoms with Crippen LogP contribution in [0, 0.1) is 0 Å². The zero-order valence-electron chi connectivity index (χ0n) is 18.0. The molecule has 2 aromatic carbocycles. The number of nitrogens with zero attached hydrogens (tertiary/aromatic N) is 2. The van der Waals surface area contributed by atoms with Crippen LogP contribution in [-0.4, -0.2) is 33.9 Å². The average molecular weight is 419 g/mol. The van der Waals surface area contributed by atoms with E-state index in [4.69, 9.17) is 5.73 Å². The predicted octanol–water partition coefficient (Wildman–Crippen LogP) is 4.05. The second kappa shape index (κ2) is 11.2. The first-order chi connectivity index (χ1) is 15.1. The maximum absolute atomic E-state index is 13.1. The van der Waals surface area contributed by atoms with E-state index in [1.54, 1.807) is 17.0 Å². The smallest absolute Gasteiger partial charge is 0.258 e. The van der Waals surface area contributed by atoms with Crippen LogP contribution in [-0.2, 0) is 4.79 Å². The lowest BCUT2D eigenvalue weighted by Gasteiger charge is -2.28. The molecule has 3 rings (SSSR count). The van der Waals surface area contributed by atoms with Gasteiger partial charge < -0.3 is 15.6 Å². The van der Waals surface area contributed by atoms with Crippen molar-refractivity contribution < 1.29 is 4.79 Å². The zero-order valence-corrected chi connectivity index (χ0v) is 18.0. The minimum Gasteiger partial charge on any atom is -0.330 e. The molecule has 0 spiro atoms. The molecule has 0 saturated heterocycles. The van der Waals surface area contributed by atoms with Gasteiger partial charge in [0.15, 0.2) is 0 Å². The van der Waals surface area contributed by atoms with Gasteiger partial charge in [0.2, 0.25) is 5.91 Å². The summed E-state index contributed by atoms with van der Waals surface area (Å²) < 4.78 is 0. The third kappa shape index (κ3) is 6.12. The average Bonchev–Trinajstić information content (AvgIpc) is 2.80. The number of nitrogens with one attached hydrogen (secondary N) is 1. The molecule has 6 heteroatoms. The second-order valence-electron chi connectivity index (χ2n) is 7.62. The summed E-state index contributed by atoms with van der Waals surface area (Å²) in [5.74, 6) is 0.387. The van der Waals surface area contributed by atoms with Gasteiger partial charge in [0.05, 0.1) is 16.9 Å². The van der Waals surface area contributed by atoms with Crippen molar-refractivity contribution >= 4 is 22.9 Å². The van der Waals surface area contributed by atoms with Crippen LogP contribution in [0.15, 0.2) is 65.5 Å². The van der Waals surface area contributed by atoms with Gasteiger partial charge in [-0.25, -0.2) is 4.98 Å². The van der Waals surface area contributed by atoms with Crippen molar-refractivity contribution in [3.05, 3.63) is 82.4 Å². The molecule has 1 amide bonds. The fraction of sp³-hybridized carbons (Fsp3) is 0.320. The van der Waals surface area contributed by atoms with Gasteiger partial charge in [-0.2, -0.15) is 0 Å². The van der Waals surface area contributed by atoms with Crippen LogP contribution in [0.1, 0.15) is 50.0 Å². The number of hydrogen-bond acceptors (Lipinski definition) is 4. The minimum absolute atomic E-state index is 0.106. The third-order valence-electron chi connectivity index (χ3n) is 5.35. The van der Waals surface area contributed by atoms with Crippen LogP contribution in [0.25, 0.3) is 17.0 Å². The molecule has 0 aliphatic carbocycles. The van der Waals surface area contributed by atoms with Crippen LogP contribution in [0.4, 0.5) is 0 Å². The number of fused-ring (bicyclic) bond motifs is 1. The van der Waals surface area contributed by atoms with Crippen LogP contribution >= 0.6 is 0 Å². The number of aromatic nitrogens is 2. The SMILES string of the molecule is C[C@H](c1nc2ccccc2c(=O)[nH]1)N(CCCCCCN)C(=O)/C=C/c1ccccc1. The summed E-state index contributed by atoms with van der Waals surface area (Å²) in [6.45, 7) is 3.17. The molecule has 1 heterocycles. The molecule has 6 nitrogen and oxygen atoms in total. The Bertz CT molecular complexity index is 1080. The standard InChI is InChI=1S/C25H30N4O2/c1-19(24-27-22-14-8-7-13-21(22)25(31)28-24)29(18-10-3-2-9-17-26)23(30)16-15-20-11-5-4-6-12-20/h4-8,11-16,19H,2-3,9-10,17-18,26H2,1H3,(H,27,28,31)/b16-15+/t19-/m1/s1. The Hall–Kier alpha value is -3.25. The summed E-state index contributed by atoms with van der Waals surface area (Å²) in [6.07, 6.45) is 7.29. The van der Waals surface area contributed by atoms with E-state index in [1.165, 1.54) is 0 Å². The summed E-state index contributed by atoms with van der Waals surface area (Å²) >= 11 is 0. The fourth-order valence-electron chi connectivity index (χ4n) is 3.55. The van der Waals surface area contributed by atoms with E-state index in [2.05, 4.69) is 9.97 Å². The Kier molecular flexibility index (Phi) is 8.12. The molecule has 0 aliphatic rings. The quantitative estimate of drug-likeness (QED) is 0.384. The molecule has 0 radical (unpaired) electrons. The Labute approximate surface area is 182 Å². The largest absolute Gasteiger partial charge is 0.330 e. The first-order valence-corrected chi connectivity index (χ1v) is 10.8. The molecule has 0 unspecified atom stereocenters. The Morgan fingerprint density at radius 3 is 2.55 bits per heavy atom. The second-order valence-corrected chi connectivity index (χ2v) is 7.62. The van der Waals surface area contributed by atoms with Gasteiger partial charge in [-0.15, -0.1) is 0 Å². The van der Waals surface area contributed by atoms with E-state index >= 15 is 0 Å².